The van der Waals surface area contributed by atoms with E-state index in [0.717, 1.165) is 29.4 Å². The summed E-state index contributed by atoms with van der Waals surface area (Å²) in [7, 11) is 0. The van der Waals surface area contributed by atoms with Crippen molar-refractivity contribution in [3.05, 3.63) is 34.8 Å². The molecule has 1 fully saturated rings. The van der Waals surface area contributed by atoms with Crippen molar-refractivity contribution in [2.45, 2.75) is 32.2 Å². The molecule has 4 rings (SSSR count). The summed E-state index contributed by atoms with van der Waals surface area (Å²) in [5.41, 5.74) is 4.23. The Morgan fingerprint density at radius 2 is 2.22 bits per heavy atom. The Balaban J connectivity index is 2.04. The third-order valence-corrected chi connectivity index (χ3v) is 4.56. The third-order valence-electron chi connectivity index (χ3n) is 4.56. The van der Waals surface area contributed by atoms with Crippen LogP contribution in [0.3, 0.4) is 0 Å². The van der Waals surface area contributed by atoms with Gasteiger partial charge in [0.25, 0.3) is 0 Å². The molecule has 3 heterocycles. The molecule has 1 N–H and O–H groups in total. The van der Waals surface area contributed by atoms with Gasteiger partial charge in [-0.25, -0.2) is 4.39 Å². The first kappa shape index (κ1) is 10.6. The van der Waals surface area contributed by atoms with Gasteiger partial charge < -0.3 is 4.98 Å². The molecule has 0 unspecified atom stereocenters. The Hall–Kier alpha value is -1.35. The van der Waals surface area contributed by atoms with Crippen LogP contribution in [0.25, 0.3) is 10.9 Å². The summed E-state index contributed by atoms with van der Waals surface area (Å²) >= 11 is 0. The highest BCUT2D eigenvalue weighted by molar-refractivity contribution is 5.87. The lowest BCUT2D eigenvalue weighted by molar-refractivity contribution is 0.244. The fraction of sp³-hybridized carbons (Fsp3) is 0.467. The lowest BCUT2D eigenvalue weighted by Gasteiger charge is -2.30. The van der Waals surface area contributed by atoms with E-state index in [9.17, 15) is 4.39 Å². The summed E-state index contributed by atoms with van der Waals surface area (Å²) in [6.07, 6.45) is 3.44. The number of aromatic amines is 1. The molecule has 0 amide bonds. The van der Waals surface area contributed by atoms with E-state index < -0.39 is 0 Å². The van der Waals surface area contributed by atoms with Crippen LogP contribution in [0, 0.1) is 12.7 Å². The van der Waals surface area contributed by atoms with Gasteiger partial charge in [0.2, 0.25) is 0 Å². The van der Waals surface area contributed by atoms with E-state index in [1.165, 1.54) is 30.6 Å². The molecule has 18 heavy (non-hydrogen) atoms. The van der Waals surface area contributed by atoms with Gasteiger partial charge in [0, 0.05) is 41.2 Å². The summed E-state index contributed by atoms with van der Waals surface area (Å²) in [6.45, 7) is 4.14. The Labute approximate surface area is 106 Å². The highest BCUT2D eigenvalue weighted by Crippen LogP contribution is 2.42. The second-order valence-electron chi connectivity index (χ2n) is 5.58. The van der Waals surface area contributed by atoms with Crippen molar-refractivity contribution >= 4 is 10.9 Å². The summed E-state index contributed by atoms with van der Waals surface area (Å²) < 4.78 is 14.4. The van der Waals surface area contributed by atoms with E-state index in [1.807, 2.05) is 19.1 Å². The number of nitrogens with one attached hydrogen (secondary N) is 1. The standard InChI is InChI=1S/C15H17FN2/c1-9-4-5-10-14(15(9)16)13-11(17-10)6-8-18-7-2-3-12(13)18/h4-5,12,17H,2-3,6-8H2,1H3/t12-/m0/s1. The van der Waals surface area contributed by atoms with E-state index in [1.54, 1.807) is 0 Å². The molecule has 1 aromatic heterocycles. The van der Waals surface area contributed by atoms with Crippen LogP contribution in [0.15, 0.2) is 12.1 Å². The van der Waals surface area contributed by atoms with Crippen LogP contribution in [0.1, 0.15) is 35.7 Å². The normalized spacial score (nSPS) is 23.3. The zero-order valence-electron chi connectivity index (χ0n) is 10.6. The van der Waals surface area contributed by atoms with Gasteiger partial charge in [0.05, 0.1) is 0 Å². The van der Waals surface area contributed by atoms with E-state index in [4.69, 9.17) is 0 Å². The summed E-state index contributed by atoms with van der Waals surface area (Å²) in [5.74, 6) is -0.0289. The fourth-order valence-corrected chi connectivity index (χ4v) is 3.67. The van der Waals surface area contributed by atoms with Gasteiger partial charge in [-0.2, -0.15) is 0 Å². The van der Waals surface area contributed by atoms with Gasteiger partial charge in [-0.05, 0) is 37.9 Å². The van der Waals surface area contributed by atoms with Gasteiger partial charge in [0.1, 0.15) is 5.82 Å². The van der Waals surface area contributed by atoms with Crippen molar-refractivity contribution in [1.82, 2.24) is 9.88 Å². The largest absolute Gasteiger partial charge is 0.358 e. The zero-order chi connectivity index (χ0) is 12.3. The van der Waals surface area contributed by atoms with Crippen molar-refractivity contribution < 1.29 is 4.39 Å². The molecule has 0 saturated carbocycles. The van der Waals surface area contributed by atoms with Crippen molar-refractivity contribution in [3.8, 4) is 0 Å². The minimum atomic E-state index is -0.0289. The lowest BCUT2D eigenvalue weighted by Crippen LogP contribution is -2.30. The zero-order valence-corrected chi connectivity index (χ0v) is 10.6. The average molecular weight is 244 g/mol. The van der Waals surface area contributed by atoms with Crippen molar-refractivity contribution in [1.29, 1.82) is 0 Å². The number of aryl methyl sites for hydroxylation is 1. The predicted octanol–water partition coefficient (Wildman–Crippen LogP) is 3.31. The number of nitrogens with zero attached hydrogens (tertiary/aromatic N) is 1. The first-order chi connectivity index (χ1) is 8.75. The molecule has 94 valence electrons. The van der Waals surface area contributed by atoms with E-state index >= 15 is 0 Å². The molecule has 0 radical (unpaired) electrons. The van der Waals surface area contributed by atoms with Crippen LogP contribution in [-0.2, 0) is 6.42 Å². The number of benzene rings is 1. The van der Waals surface area contributed by atoms with Crippen LogP contribution < -0.4 is 0 Å². The number of fused-ring (bicyclic) bond motifs is 5. The maximum atomic E-state index is 14.4. The van der Waals surface area contributed by atoms with Gasteiger partial charge in [-0.15, -0.1) is 0 Å². The smallest absolute Gasteiger partial charge is 0.135 e. The molecule has 0 aliphatic carbocycles. The van der Waals surface area contributed by atoms with Gasteiger partial charge in [0.15, 0.2) is 0 Å². The average Bonchev–Trinajstić information content (AvgIpc) is 2.96. The van der Waals surface area contributed by atoms with Crippen molar-refractivity contribution in [2.24, 2.45) is 0 Å². The molecule has 1 atom stereocenters. The minimum absolute atomic E-state index is 0.0289. The maximum Gasteiger partial charge on any atom is 0.135 e. The van der Waals surface area contributed by atoms with Gasteiger partial charge in [-0.1, -0.05) is 6.07 Å². The first-order valence-electron chi connectivity index (χ1n) is 6.79. The Morgan fingerprint density at radius 3 is 3.11 bits per heavy atom. The number of H-pyrrole nitrogens is 1. The van der Waals surface area contributed by atoms with Crippen LogP contribution in [-0.4, -0.2) is 23.0 Å². The maximum absolute atomic E-state index is 14.4. The van der Waals surface area contributed by atoms with Crippen LogP contribution >= 0.6 is 0 Å². The molecule has 0 bridgehead atoms. The highest BCUT2D eigenvalue weighted by atomic mass is 19.1. The van der Waals surface area contributed by atoms with Crippen molar-refractivity contribution in [2.75, 3.05) is 13.1 Å². The SMILES string of the molecule is Cc1ccc2[nH]c3c(c2c1F)[C@@H]1CCCN1CC3. The minimum Gasteiger partial charge on any atom is -0.358 e. The van der Waals surface area contributed by atoms with Crippen LogP contribution in [0.5, 0.6) is 0 Å². The monoisotopic (exact) mass is 244 g/mol. The number of halogens is 1. The second kappa shape index (κ2) is 3.58. The van der Waals surface area contributed by atoms with E-state index in [2.05, 4.69) is 9.88 Å². The topological polar surface area (TPSA) is 19.0 Å². The Kier molecular flexibility index (Phi) is 2.10. The summed E-state index contributed by atoms with van der Waals surface area (Å²) in [4.78, 5) is 5.94. The molecule has 2 aliphatic heterocycles. The van der Waals surface area contributed by atoms with Crippen LogP contribution in [0.2, 0.25) is 0 Å². The number of hydrogen-bond donors (Lipinski definition) is 1. The molecule has 1 saturated heterocycles. The molecule has 2 aliphatic rings. The molecule has 0 spiro atoms. The van der Waals surface area contributed by atoms with E-state index in [-0.39, 0.29) is 5.82 Å². The molecule has 1 aromatic carbocycles. The predicted molar refractivity (Wildman–Crippen MR) is 70.2 cm³/mol. The number of rotatable bonds is 0. The lowest BCUT2D eigenvalue weighted by atomic mass is 9.95. The molecule has 2 aromatic rings. The van der Waals surface area contributed by atoms with Gasteiger partial charge >= 0.3 is 0 Å². The van der Waals surface area contributed by atoms with Gasteiger partial charge in [-0.3, -0.25) is 4.90 Å². The summed E-state index contributed by atoms with van der Waals surface area (Å²) in [5, 5.41) is 0.849. The molecular formula is C15H17FN2. The Morgan fingerprint density at radius 1 is 1.33 bits per heavy atom. The quantitative estimate of drug-likeness (QED) is 0.753. The molecular weight excluding hydrogens is 227 g/mol. The summed E-state index contributed by atoms with van der Waals surface area (Å²) in [6, 6.07) is 4.33. The molecule has 3 heteroatoms. The molecule has 2 nitrogen and oxygen atoms in total. The fourth-order valence-electron chi connectivity index (χ4n) is 3.67. The number of hydrogen-bond acceptors (Lipinski definition) is 1. The first-order valence-corrected chi connectivity index (χ1v) is 6.79. The van der Waals surface area contributed by atoms with Crippen LogP contribution in [0.4, 0.5) is 4.39 Å². The second-order valence-corrected chi connectivity index (χ2v) is 5.58. The van der Waals surface area contributed by atoms with E-state index in [0.29, 0.717) is 6.04 Å². The Bertz CT molecular complexity index is 629. The highest BCUT2D eigenvalue weighted by Gasteiger charge is 2.34. The number of aromatic nitrogens is 1. The third kappa shape index (κ3) is 1.25. The van der Waals surface area contributed by atoms with Crippen molar-refractivity contribution in [3.63, 3.8) is 0 Å².